The van der Waals surface area contributed by atoms with E-state index < -0.39 is 34.9 Å². The van der Waals surface area contributed by atoms with Gasteiger partial charge in [-0.15, -0.1) is 0 Å². The van der Waals surface area contributed by atoms with E-state index in [1.54, 1.807) is 33.9 Å². The van der Waals surface area contributed by atoms with Gasteiger partial charge in [0.05, 0.1) is 24.1 Å². The van der Waals surface area contributed by atoms with Crippen LogP contribution in [0, 0.1) is 17.7 Å². The summed E-state index contributed by atoms with van der Waals surface area (Å²) in [4.78, 5) is 44.2. The van der Waals surface area contributed by atoms with Crippen LogP contribution in [0.5, 0.6) is 5.75 Å². The lowest BCUT2D eigenvalue weighted by atomic mass is 9.85. The molecule has 44 heavy (non-hydrogen) atoms. The Balaban J connectivity index is 1.61. The largest absolute Gasteiger partial charge is 0.493 e. The molecule has 1 aromatic carbocycles. The number of aryl methyl sites for hydroxylation is 1. The maximum absolute atomic E-state index is 15.7. The predicted molar refractivity (Wildman–Crippen MR) is 164 cm³/mol. The molecule has 0 spiro atoms. The van der Waals surface area contributed by atoms with E-state index in [9.17, 15) is 14.4 Å². The average molecular weight is 620 g/mol. The first-order valence-electron chi connectivity index (χ1n) is 16.0. The maximum atomic E-state index is 15.7. The van der Waals surface area contributed by atoms with Crippen LogP contribution >= 0.6 is 0 Å². The summed E-state index contributed by atoms with van der Waals surface area (Å²) in [6, 6.07) is 2.92. The molecule has 0 aromatic heterocycles. The van der Waals surface area contributed by atoms with Crippen LogP contribution in [-0.4, -0.2) is 86.6 Å². The van der Waals surface area contributed by atoms with Crippen molar-refractivity contribution in [3.8, 4) is 5.75 Å². The Kier molecular flexibility index (Phi) is 11.2. The number of amides is 3. The molecule has 11 heteroatoms. The van der Waals surface area contributed by atoms with Crippen LogP contribution in [0.4, 0.5) is 14.9 Å². The van der Waals surface area contributed by atoms with Gasteiger partial charge in [0, 0.05) is 64.1 Å². The van der Waals surface area contributed by atoms with Crippen LogP contribution < -0.4 is 15.0 Å². The fourth-order valence-electron chi connectivity index (χ4n) is 5.88. The van der Waals surface area contributed by atoms with E-state index in [0.717, 1.165) is 18.4 Å². The zero-order valence-electron chi connectivity index (χ0n) is 27.2. The Morgan fingerprint density at radius 1 is 1.11 bits per heavy atom. The molecule has 1 aliphatic carbocycles. The number of hydrogen-bond donors (Lipinski definition) is 1. The number of carbonyl (C=O) groups excluding carboxylic acids is 3. The van der Waals surface area contributed by atoms with Gasteiger partial charge in [0.2, 0.25) is 11.8 Å². The Labute approximate surface area is 260 Å². The monoisotopic (exact) mass is 619 g/mol. The number of nitrogens with zero attached hydrogens (tertiary/aromatic N) is 2. The van der Waals surface area contributed by atoms with Crippen molar-refractivity contribution in [2.75, 3.05) is 51.5 Å². The summed E-state index contributed by atoms with van der Waals surface area (Å²) in [5, 5.41) is 3.18. The second-order valence-corrected chi connectivity index (χ2v) is 13.6. The lowest BCUT2D eigenvalue weighted by Crippen LogP contribution is -2.57. The van der Waals surface area contributed by atoms with Gasteiger partial charge in [-0.25, -0.2) is 9.18 Å². The second-order valence-electron chi connectivity index (χ2n) is 13.6. The van der Waals surface area contributed by atoms with Gasteiger partial charge in [0.1, 0.15) is 17.2 Å². The molecule has 246 valence electrons. The summed E-state index contributed by atoms with van der Waals surface area (Å²) in [6.45, 7) is 11.5. The number of nitrogens with one attached hydrogen (secondary N) is 1. The third-order valence-corrected chi connectivity index (χ3v) is 8.51. The second kappa shape index (κ2) is 14.5. The number of piperidine rings is 1. The molecule has 3 amide bonds. The highest BCUT2D eigenvalue weighted by Gasteiger charge is 2.45. The third-order valence-electron chi connectivity index (χ3n) is 8.51. The van der Waals surface area contributed by atoms with Gasteiger partial charge in [-0.05, 0) is 77.8 Å². The first-order valence-corrected chi connectivity index (χ1v) is 16.0. The minimum Gasteiger partial charge on any atom is -0.493 e. The summed E-state index contributed by atoms with van der Waals surface area (Å²) in [5.41, 5.74) is -0.279. The highest BCUT2D eigenvalue weighted by atomic mass is 19.1. The molecule has 4 rings (SSSR count). The van der Waals surface area contributed by atoms with Crippen molar-refractivity contribution < 1.29 is 37.7 Å². The summed E-state index contributed by atoms with van der Waals surface area (Å²) < 4.78 is 38.0. The van der Waals surface area contributed by atoms with E-state index in [2.05, 4.69) is 5.32 Å². The predicted octanol–water partition coefficient (Wildman–Crippen LogP) is 4.86. The molecular weight excluding hydrogens is 569 g/mol. The number of rotatable bonds is 11. The molecule has 1 aromatic rings. The molecule has 10 nitrogen and oxygen atoms in total. The Bertz CT molecular complexity index is 1180. The molecule has 2 aliphatic heterocycles. The van der Waals surface area contributed by atoms with Gasteiger partial charge < -0.3 is 34.1 Å². The summed E-state index contributed by atoms with van der Waals surface area (Å²) in [7, 11) is 1.63. The molecular formula is C33H50FN3O7. The Morgan fingerprint density at radius 3 is 2.41 bits per heavy atom. The number of benzene rings is 1. The van der Waals surface area contributed by atoms with Gasteiger partial charge in [0.25, 0.3) is 0 Å². The van der Waals surface area contributed by atoms with E-state index in [4.69, 9.17) is 18.9 Å². The van der Waals surface area contributed by atoms with Crippen LogP contribution in [0.1, 0.15) is 78.7 Å². The summed E-state index contributed by atoms with van der Waals surface area (Å²) in [5.74, 6) is -1.80. The number of halogens is 1. The van der Waals surface area contributed by atoms with Gasteiger partial charge >= 0.3 is 6.09 Å². The number of carbonyl (C=O) groups is 3. The quantitative estimate of drug-likeness (QED) is 0.353. The fraction of sp³-hybridized carbons (Fsp3) is 0.727. The molecule has 0 bridgehead atoms. The molecule has 3 fully saturated rings. The number of anilines is 1. The van der Waals surface area contributed by atoms with Crippen molar-refractivity contribution >= 4 is 23.6 Å². The smallest absolute Gasteiger partial charge is 0.410 e. The minimum absolute atomic E-state index is 0.0842. The SMILES string of the molecule is CCc1cc(F)c(N(C(=O)[C@@H]2C[C@H](C(=O)NC3(C)CCOCC3)CN(C(=O)OC(C)(C)C)C2)C2CC2)cc1OCCCOC. The molecule has 2 atom stereocenters. The van der Waals surface area contributed by atoms with Crippen LogP contribution in [0.2, 0.25) is 0 Å². The van der Waals surface area contributed by atoms with Gasteiger partial charge in [0.15, 0.2) is 0 Å². The first kappa shape index (κ1) is 34.0. The van der Waals surface area contributed by atoms with Crippen LogP contribution in [0.3, 0.4) is 0 Å². The molecule has 2 saturated heterocycles. The van der Waals surface area contributed by atoms with Crippen molar-refractivity contribution in [3.05, 3.63) is 23.5 Å². The summed E-state index contributed by atoms with van der Waals surface area (Å²) >= 11 is 0. The van der Waals surface area contributed by atoms with E-state index in [0.29, 0.717) is 57.9 Å². The average Bonchev–Trinajstić information content (AvgIpc) is 3.81. The number of ether oxygens (including phenoxy) is 4. The van der Waals surface area contributed by atoms with Crippen LogP contribution in [0.25, 0.3) is 0 Å². The lowest BCUT2D eigenvalue weighted by molar-refractivity contribution is -0.132. The lowest BCUT2D eigenvalue weighted by Gasteiger charge is -2.41. The standard InChI is InChI=1S/C33H50FN3O7/c1-7-22-18-26(34)27(19-28(22)43-14-8-13-41-6)37(25-9-10-25)30(39)24-17-23(20-36(21-24)31(40)44-32(2,3)4)29(38)35-33(5)11-15-42-16-12-33/h18-19,23-25H,7-17,20-21H2,1-6H3,(H,35,38)/t23-,24+/m0/s1. The highest BCUT2D eigenvalue weighted by molar-refractivity contribution is 5.97. The van der Waals surface area contributed by atoms with Crippen molar-refractivity contribution in [2.24, 2.45) is 11.8 Å². The molecule has 1 N–H and O–H groups in total. The fourth-order valence-corrected chi connectivity index (χ4v) is 5.88. The van der Waals surface area contributed by atoms with E-state index >= 15 is 4.39 Å². The topological polar surface area (TPSA) is 107 Å². The van der Waals surface area contributed by atoms with Crippen LogP contribution in [-0.2, 0) is 30.2 Å². The third kappa shape index (κ3) is 8.84. The zero-order chi connectivity index (χ0) is 32.1. The zero-order valence-corrected chi connectivity index (χ0v) is 27.2. The molecule has 2 heterocycles. The number of methoxy groups -OCH3 is 1. The minimum atomic E-state index is -0.745. The summed E-state index contributed by atoms with van der Waals surface area (Å²) in [6.07, 6.45) is 3.78. The van der Waals surface area contributed by atoms with Crippen molar-refractivity contribution in [3.63, 3.8) is 0 Å². The number of likely N-dealkylation sites (tertiary alicyclic amines) is 1. The van der Waals surface area contributed by atoms with Crippen molar-refractivity contribution in [1.29, 1.82) is 0 Å². The highest BCUT2D eigenvalue weighted by Crippen LogP contribution is 2.39. The van der Waals surface area contributed by atoms with Gasteiger partial charge in [-0.1, -0.05) is 6.92 Å². The van der Waals surface area contributed by atoms with Crippen molar-refractivity contribution in [1.82, 2.24) is 10.2 Å². The van der Waals surface area contributed by atoms with Gasteiger partial charge in [-0.2, -0.15) is 0 Å². The normalized spacial score (nSPS) is 21.8. The molecule has 0 radical (unpaired) electrons. The van der Waals surface area contributed by atoms with Crippen molar-refractivity contribution in [2.45, 2.75) is 96.7 Å². The van der Waals surface area contributed by atoms with E-state index in [1.165, 1.54) is 15.9 Å². The number of hydrogen-bond acceptors (Lipinski definition) is 7. The molecule has 0 unspecified atom stereocenters. The maximum Gasteiger partial charge on any atom is 0.410 e. The Hall–Kier alpha value is -2.92. The Morgan fingerprint density at radius 2 is 1.80 bits per heavy atom. The van der Waals surface area contributed by atoms with E-state index in [-0.39, 0.29) is 43.1 Å². The molecule has 3 aliphatic rings. The van der Waals surface area contributed by atoms with Crippen LogP contribution in [0.15, 0.2) is 12.1 Å². The van der Waals surface area contributed by atoms with E-state index in [1.807, 2.05) is 13.8 Å². The van der Waals surface area contributed by atoms with Gasteiger partial charge in [-0.3, -0.25) is 9.59 Å². The molecule has 1 saturated carbocycles. The first-order chi connectivity index (χ1) is 20.8.